The average molecular weight is 268 g/mol. The minimum absolute atomic E-state index is 0.570. The van der Waals surface area contributed by atoms with Crippen LogP contribution in [0.15, 0.2) is 0 Å². The molecule has 0 fully saturated rings. The quantitative estimate of drug-likeness (QED) is 0.760. The molecule has 1 aromatic rings. The van der Waals surface area contributed by atoms with Gasteiger partial charge in [-0.15, -0.1) is 0 Å². The fourth-order valence-electron chi connectivity index (χ4n) is 0.640. The summed E-state index contributed by atoms with van der Waals surface area (Å²) in [6, 6.07) is 0. The Hall–Kier alpha value is -1.11. The maximum absolute atomic E-state index is 10.7. The lowest BCUT2D eigenvalue weighted by Crippen LogP contribution is -2.13. The van der Waals surface area contributed by atoms with Gasteiger partial charge in [-0.25, -0.2) is 0 Å². The van der Waals surface area contributed by atoms with Crippen LogP contribution in [0.25, 0.3) is 0 Å². The molecule has 0 saturated heterocycles. The summed E-state index contributed by atoms with van der Waals surface area (Å²) in [5, 5.41) is -3.18. The van der Waals surface area contributed by atoms with Crippen LogP contribution in [0.4, 0.5) is 0 Å². The van der Waals surface area contributed by atoms with Gasteiger partial charge in [-0.2, -0.15) is 15.0 Å². The molecule has 0 saturated carbocycles. The fourth-order valence-corrected chi connectivity index (χ4v) is 0.893. The van der Waals surface area contributed by atoms with Gasteiger partial charge in [-0.3, -0.25) is 14.4 Å². The number of hydrogen-bond donors (Lipinski definition) is 0. The zero-order chi connectivity index (χ0) is 11.6. The van der Waals surface area contributed by atoms with E-state index in [0.29, 0.717) is 0 Å². The zero-order valence-corrected chi connectivity index (χ0v) is 8.97. The summed E-state index contributed by atoms with van der Waals surface area (Å²) in [4.78, 5) is 42.1. The average Bonchev–Trinajstić information content (AvgIpc) is 2.16. The third kappa shape index (κ3) is 2.92. The first-order valence-electron chi connectivity index (χ1n) is 3.27. The molecule has 0 aromatic carbocycles. The predicted octanol–water partition coefficient (Wildman–Crippen LogP) is 1.01. The lowest BCUT2D eigenvalue weighted by Gasteiger charge is -1.97. The number of rotatable bonds is 3. The summed E-state index contributed by atoms with van der Waals surface area (Å²) in [6.45, 7) is 0. The third-order valence-corrected chi connectivity index (χ3v) is 1.67. The maximum Gasteiger partial charge on any atom is 0.290 e. The second-order valence-electron chi connectivity index (χ2n) is 2.13. The van der Waals surface area contributed by atoms with Gasteiger partial charge in [0.15, 0.2) is 0 Å². The highest BCUT2D eigenvalue weighted by molar-refractivity contribution is 6.69. The molecule has 78 valence electrons. The summed E-state index contributed by atoms with van der Waals surface area (Å²) in [7, 11) is 0. The molecule has 0 aliphatic rings. The monoisotopic (exact) mass is 267 g/mol. The second kappa shape index (κ2) is 4.61. The lowest BCUT2D eigenvalue weighted by molar-refractivity contribution is 0.106. The molecule has 0 aliphatic carbocycles. The van der Waals surface area contributed by atoms with Crippen LogP contribution in [0.1, 0.15) is 31.9 Å². The van der Waals surface area contributed by atoms with Crippen molar-refractivity contribution < 1.29 is 14.4 Å². The van der Waals surface area contributed by atoms with E-state index in [1.165, 1.54) is 0 Å². The van der Waals surface area contributed by atoms with Crippen molar-refractivity contribution in [2.45, 2.75) is 0 Å². The first-order valence-corrected chi connectivity index (χ1v) is 4.40. The minimum atomic E-state index is -1.06. The molecule has 0 spiro atoms. The third-order valence-electron chi connectivity index (χ3n) is 1.16. The van der Waals surface area contributed by atoms with Crippen molar-refractivity contribution >= 4 is 50.5 Å². The summed E-state index contributed by atoms with van der Waals surface area (Å²) in [5.41, 5.74) is 0. The normalized spacial score (nSPS) is 9.80. The van der Waals surface area contributed by atoms with Gasteiger partial charge >= 0.3 is 0 Å². The van der Waals surface area contributed by atoms with Gasteiger partial charge in [-0.1, -0.05) is 0 Å². The van der Waals surface area contributed by atoms with E-state index in [2.05, 4.69) is 15.0 Å². The summed E-state index contributed by atoms with van der Waals surface area (Å²) < 4.78 is 0. The smallest absolute Gasteiger partial charge is 0.272 e. The fraction of sp³-hybridized carbons (Fsp3) is 0. The molecule has 0 bridgehead atoms. The van der Waals surface area contributed by atoms with E-state index in [-0.39, 0.29) is 0 Å². The molecule has 0 radical (unpaired) electrons. The first kappa shape index (κ1) is 12.0. The van der Waals surface area contributed by atoms with Gasteiger partial charge in [0.25, 0.3) is 15.7 Å². The first-order chi connectivity index (χ1) is 6.91. The van der Waals surface area contributed by atoms with Gasteiger partial charge < -0.3 is 0 Å². The van der Waals surface area contributed by atoms with Crippen LogP contribution < -0.4 is 0 Å². The van der Waals surface area contributed by atoms with Crippen molar-refractivity contribution in [1.29, 1.82) is 0 Å². The van der Waals surface area contributed by atoms with Gasteiger partial charge in [0.2, 0.25) is 17.5 Å². The van der Waals surface area contributed by atoms with Crippen molar-refractivity contribution in [1.82, 2.24) is 15.0 Å². The molecule has 0 aliphatic heterocycles. The van der Waals surface area contributed by atoms with Gasteiger partial charge in [-0.05, 0) is 34.8 Å². The van der Waals surface area contributed by atoms with E-state index in [9.17, 15) is 14.4 Å². The summed E-state index contributed by atoms with van der Waals surface area (Å²) in [6.07, 6.45) is 0. The number of carbonyl (C=O) groups excluding carboxylic acids is 3. The molecule has 1 aromatic heterocycles. The Labute approximate surface area is 97.6 Å². The van der Waals surface area contributed by atoms with E-state index in [1.54, 1.807) is 0 Å². The van der Waals surface area contributed by atoms with E-state index < -0.39 is 33.2 Å². The van der Waals surface area contributed by atoms with Crippen molar-refractivity contribution in [3.8, 4) is 0 Å². The van der Waals surface area contributed by atoms with Gasteiger partial charge in [0.05, 0.1) is 0 Å². The molecule has 15 heavy (non-hydrogen) atoms. The second-order valence-corrected chi connectivity index (χ2v) is 3.16. The highest BCUT2D eigenvalue weighted by atomic mass is 35.5. The van der Waals surface area contributed by atoms with E-state index >= 15 is 0 Å². The van der Waals surface area contributed by atoms with E-state index in [4.69, 9.17) is 34.8 Å². The van der Waals surface area contributed by atoms with E-state index in [0.717, 1.165) is 0 Å². The van der Waals surface area contributed by atoms with Crippen LogP contribution >= 0.6 is 34.8 Å². The number of nitrogens with zero attached hydrogens (tertiary/aromatic N) is 3. The standard InChI is InChI=1S/C6Cl3N3O3/c7-1(13)4-10-5(2(8)14)12-6(11-4)3(9)15. The molecule has 0 N–H and O–H groups in total. The highest BCUT2D eigenvalue weighted by Crippen LogP contribution is 2.04. The minimum Gasteiger partial charge on any atom is -0.272 e. The van der Waals surface area contributed by atoms with Crippen LogP contribution in [0.2, 0.25) is 0 Å². The zero-order valence-electron chi connectivity index (χ0n) is 6.70. The summed E-state index contributed by atoms with van der Waals surface area (Å²) in [5.74, 6) is -1.71. The Morgan fingerprint density at radius 2 is 0.867 bits per heavy atom. The van der Waals surface area contributed by atoms with Crippen LogP contribution in [0, 0.1) is 0 Å². The maximum atomic E-state index is 10.7. The Morgan fingerprint density at radius 1 is 0.667 bits per heavy atom. The van der Waals surface area contributed by atoms with E-state index in [1.807, 2.05) is 0 Å². The van der Waals surface area contributed by atoms with Gasteiger partial charge in [0, 0.05) is 0 Å². The molecular weight excluding hydrogens is 268 g/mol. The molecule has 1 rings (SSSR count). The number of aromatic nitrogens is 3. The predicted molar refractivity (Wildman–Crippen MR) is 50.4 cm³/mol. The molecule has 0 unspecified atom stereocenters. The molecular formula is C6Cl3N3O3. The Kier molecular flexibility index (Phi) is 3.67. The highest BCUT2D eigenvalue weighted by Gasteiger charge is 2.18. The molecule has 0 amide bonds. The van der Waals surface area contributed by atoms with Crippen molar-refractivity contribution in [3.05, 3.63) is 17.5 Å². The lowest BCUT2D eigenvalue weighted by atomic mass is 10.5. The topological polar surface area (TPSA) is 89.9 Å². The van der Waals surface area contributed by atoms with Crippen molar-refractivity contribution in [2.24, 2.45) is 0 Å². The Morgan fingerprint density at radius 3 is 1.00 bits per heavy atom. The van der Waals surface area contributed by atoms with Crippen LogP contribution in [0.3, 0.4) is 0 Å². The van der Waals surface area contributed by atoms with Crippen LogP contribution in [-0.4, -0.2) is 30.7 Å². The number of hydrogen-bond acceptors (Lipinski definition) is 6. The number of halogens is 3. The summed E-state index contributed by atoms with van der Waals surface area (Å²) >= 11 is 15.2. The van der Waals surface area contributed by atoms with Gasteiger partial charge in [0.1, 0.15) is 0 Å². The SMILES string of the molecule is O=C(Cl)c1nc(C(=O)Cl)nc(C(=O)Cl)n1. The molecule has 1 heterocycles. The van der Waals surface area contributed by atoms with Crippen molar-refractivity contribution in [2.75, 3.05) is 0 Å². The molecule has 0 atom stereocenters. The Balaban J connectivity index is 3.39. The Bertz CT molecular complexity index is 383. The molecule has 9 heteroatoms. The molecule has 6 nitrogen and oxygen atoms in total. The van der Waals surface area contributed by atoms with Crippen LogP contribution in [-0.2, 0) is 0 Å². The number of carbonyl (C=O) groups is 3. The van der Waals surface area contributed by atoms with Crippen LogP contribution in [0.5, 0.6) is 0 Å². The van der Waals surface area contributed by atoms with Crippen molar-refractivity contribution in [3.63, 3.8) is 0 Å². The largest absolute Gasteiger partial charge is 0.290 e.